The van der Waals surface area contributed by atoms with Gasteiger partial charge in [-0.1, -0.05) is 27.2 Å². The highest BCUT2D eigenvalue weighted by atomic mass is 79.9. The molecule has 0 aliphatic carbocycles. The third kappa shape index (κ3) is 4.66. The highest BCUT2D eigenvalue weighted by Gasteiger charge is 2.11. The minimum absolute atomic E-state index is 0.206. The van der Waals surface area contributed by atoms with Gasteiger partial charge in [-0.05, 0) is 58.9 Å². The van der Waals surface area contributed by atoms with Crippen LogP contribution in [0.4, 0.5) is 0 Å². The third-order valence-corrected chi connectivity index (χ3v) is 4.72. The molecule has 1 aromatic carbocycles. The van der Waals surface area contributed by atoms with Crippen molar-refractivity contribution in [1.29, 1.82) is 0 Å². The smallest absolute Gasteiger partial charge is 0.372 e. The molecule has 0 bridgehead atoms. The second-order valence-electron chi connectivity index (χ2n) is 4.44. The van der Waals surface area contributed by atoms with E-state index in [2.05, 4.69) is 37.0 Å². The Kier molecular flexibility index (Phi) is 6.16. The van der Waals surface area contributed by atoms with E-state index in [9.17, 15) is 4.79 Å². The van der Waals surface area contributed by atoms with Crippen molar-refractivity contribution >= 4 is 54.9 Å². The Morgan fingerprint density at radius 3 is 2.77 bits per heavy atom. The van der Waals surface area contributed by atoms with Gasteiger partial charge in [0.15, 0.2) is 6.61 Å². The summed E-state index contributed by atoms with van der Waals surface area (Å²) in [5.74, 6) is 0.0595. The lowest BCUT2D eigenvalue weighted by molar-refractivity contribution is -0.146. The Morgan fingerprint density at radius 1 is 1.36 bits per heavy atom. The lowest BCUT2D eigenvalue weighted by Gasteiger charge is -2.10. The first-order valence-electron chi connectivity index (χ1n) is 6.34. The average Bonchev–Trinajstić information content (AvgIpc) is 2.97. The molecule has 1 heterocycles. The number of oxime groups is 1. The van der Waals surface area contributed by atoms with E-state index < -0.39 is 5.97 Å². The summed E-state index contributed by atoms with van der Waals surface area (Å²) in [6.07, 6.45) is 0. The molecule has 0 aliphatic heterocycles. The van der Waals surface area contributed by atoms with E-state index >= 15 is 0 Å². The molecule has 0 spiro atoms. The number of benzene rings is 1. The van der Waals surface area contributed by atoms with Gasteiger partial charge in [-0.15, -0.1) is 11.3 Å². The molecule has 1 aromatic heterocycles. The fraction of sp³-hybridized carbons (Fsp3) is 0.200. The minimum Gasteiger partial charge on any atom is -0.480 e. The second-order valence-corrected chi connectivity index (χ2v) is 7.16. The van der Waals surface area contributed by atoms with Crippen molar-refractivity contribution in [2.45, 2.75) is 13.8 Å². The molecule has 4 nitrogen and oxygen atoms in total. The van der Waals surface area contributed by atoms with Crippen LogP contribution in [0.25, 0.3) is 0 Å². The van der Waals surface area contributed by atoms with Gasteiger partial charge in [0.05, 0.1) is 15.1 Å². The van der Waals surface area contributed by atoms with Crippen LogP contribution >= 0.6 is 43.2 Å². The summed E-state index contributed by atoms with van der Waals surface area (Å²) in [5, 5.41) is 5.75. The molecule has 0 atom stereocenters. The number of hydrogen-bond donors (Lipinski definition) is 0. The summed E-state index contributed by atoms with van der Waals surface area (Å²) in [6.45, 7) is 3.48. The van der Waals surface area contributed by atoms with Crippen LogP contribution in [0.3, 0.4) is 0 Å². The third-order valence-electron chi connectivity index (χ3n) is 2.69. The van der Waals surface area contributed by atoms with Gasteiger partial charge in [-0.3, -0.25) is 0 Å². The number of thiophene rings is 1. The molecule has 0 saturated heterocycles. The van der Waals surface area contributed by atoms with Gasteiger partial charge in [0.2, 0.25) is 0 Å². The number of hydrogen-bond acceptors (Lipinski definition) is 5. The summed E-state index contributed by atoms with van der Waals surface area (Å²) in [5.41, 5.74) is 1.57. The van der Waals surface area contributed by atoms with Crippen LogP contribution in [0.5, 0.6) is 5.75 Å². The Hall–Kier alpha value is -1.18. The van der Waals surface area contributed by atoms with Crippen molar-refractivity contribution < 1.29 is 14.4 Å². The Morgan fingerprint density at radius 2 is 2.14 bits per heavy atom. The molecule has 0 N–H and O–H groups in total. The zero-order chi connectivity index (χ0) is 16.1. The van der Waals surface area contributed by atoms with E-state index in [-0.39, 0.29) is 6.61 Å². The number of halogens is 2. The number of rotatable bonds is 5. The molecule has 22 heavy (non-hydrogen) atoms. The van der Waals surface area contributed by atoms with Crippen LogP contribution in [0, 0.1) is 6.92 Å². The molecule has 0 fully saturated rings. The van der Waals surface area contributed by atoms with Crippen molar-refractivity contribution in [1.82, 2.24) is 0 Å². The maximum Gasteiger partial charge on any atom is 0.372 e. The van der Waals surface area contributed by atoms with E-state index in [0.717, 1.165) is 19.4 Å². The Balaban J connectivity index is 1.92. The van der Waals surface area contributed by atoms with Gasteiger partial charge >= 0.3 is 5.97 Å². The highest BCUT2D eigenvalue weighted by Crippen LogP contribution is 2.32. The highest BCUT2D eigenvalue weighted by molar-refractivity contribution is 9.11. The van der Waals surface area contributed by atoms with Crippen LogP contribution in [0.1, 0.15) is 17.4 Å². The van der Waals surface area contributed by atoms with Crippen molar-refractivity contribution in [2.75, 3.05) is 6.61 Å². The first kappa shape index (κ1) is 17.2. The molecule has 0 unspecified atom stereocenters. The summed E-state index contributed by atoms with van der Waals surface area (Å²) < 4.78 is 7.20. The largest absolute Gasteiger partial charge is 0.480 e. The maximum absolute atomic E-state index is 11.7. The average molecular weight is 447 g/mol. The van der Waals surface area contributed by atoms with E-state index in [0.29, 0.717) is 11.5 Å². The first-order valence-corrected chi connectivity index (χ1v) is 8.80. The molecule has 2 aromatic rings. The Bertz CT molecular complexity index is 676. The summed E-state index contributed by atoms with van der Waals surface area (Å²) in [6, 6.07) is 7.59. The standard InChI is InChI=1S/C15H13Br2NO3S/c1-9-6-11(16)7-12(17)15(9)20-8-14(19)21-18-10(2)13-4-3-5-22-13/h3-7H,8H2,1-2H3/b18-10-. The lowest BCUT2D eigenvalue weighted by Crippen LogP contribution is -2.14. The van der Waals surface area contributed by atoms with Crippen LogP contribution in [-0.4, -0.2) is 18.3 Å². The zero-order valence-electron chi connectivity index (χ0n) is 11.9. The fourth-order valence-corrected chi connectivity index (χ4v) is 3.90. The molecular weight excluding hydrogens is 434 g/mol. The number of carbonyl (C=O) groups is 1. The van der Waals surface area contributed by atoms with Gasteiger partial charge in [0.25, 0.3) is 0 Å². The first-order chi connectivity index (χ1) is 10.5. The van der Waals surface area contributed by atoms with Crippen molar-refractivity contribution in [3.63, 3.8) is 0 Å². The van der Waals surface area contributed by atoms with E-state index in [1.54, 1.807) is 6.92 Å². The van der Waals surface area contributed by atoms with Gasteiger partial charge in [-0.2, -0.15) is 0 Å². The van der Waals surface area contributed by atoms with Crippen molar-refractivity contribution in [3.8, 4) is 5.75 Å². The minimum atomic E-state index is -0.551. The number of ether oxygens (including phenoxy) is 1. The molecule has 0 aliphatic rings. The van der Waals surface area contributed by atoms with E-state index in [1.807, 2.05) is 36.6 Å². The summed E-state index contributed by atoms with van der Waals surface area (Å²) in [4.78, 5) is 17.5. The van der Waals surface area contributed by atoms with Gasteiger partial charge in [0.1, 0.15) is 5.75 Å². The van der Waals surface area contributed by atoms with Crippen LogP contribution in [-0.2, 0) is 9.63 Å². The van der Waals surface area contributed by atoms with Gasteiger partial charge in [0, 0.05) is 4.47 Å². The quantitative estimate of drug-likeness (QED) is 0.371. The zero-order valence-corrected chi connectivity index (χ0v) is 15.9. The molecule has 116 valence electrons. The summed E-state index contributed by atoms with van der Waals surface area (Å²) in [7, 11) is 0. The summed E-state index contributed by atoms with van der Waals surface area (Å²) >= 11 is 8.33. The van der Waals surface area contributed by atoms with Gasteiger partial charge in [-0.25, -0.2) is 4.79 Å². The molecule has 0 saturated carbocycles. The lowest BCUT2D eigenvalue weighted by atomic mass is 10.2. The fourth-order valence-electron chi connectivity index (χ4n) is 1.68. The van der Waals surface area contributed by atoms with Crippen molar-refractivity contribution in [2.24, 2.45) is 5.16 Å². The predicted molar refractivity (Wildman–Crippen MR) is 94.7 cm³/mol. The second kappa shape index (κ2) is 7.89. The normalized spacial score (nSPS) is 11.4. The number of nitrogens with zero attached hydrogens (tertiary/aromatic N) is 1. The van der Waals surface area contributed by atoms with Crippen LogP contribution in [0.2, 0.25) is 0 Å². The SMILES string of the molecule is C/C(=N/OC(=O)COc1c(C)cc(Br)cc1Br)c1cccs1. The molecular formula is C15H13Br2NO3S. The number of carbonyl (C=O) groups excluding carboxylic acids is 1. The molecule has 2 rings (SSSR count). The molecule has 7 heteroatoms. The van der Waals surface area contributed by atoms with Crippen LogP contribution in [0.15, 0.2) is 43.7 Å². The monoisotopic (exact) mass is 445 g/mol. The Labute approximate surface area is 149 Å². The van der Waals surface area contributed by atoms with E-state index in [1.165, 1.54) is 11.3 Å². The van der Waals surface area contributed by atoms with Crippen molar-refractivity contribution in [3.05, 3.63) is 49.0 Å². The topological polar surface area (TPSA) is 47.9 Å². The molecule has 0 amide bonds. The maximum atomic E-state index is 11.7. The molecule has 0 radical (unpaired) electrons. The van der Waals surface area contributed by atoms with Gasteiger partial charge < -0.3 is 9.57 Å². The van der Waals surface area contributed by atoms with Crippen LogP contribution < -0.4 is 4.74 Å². The number of aryl methyl sites for hydroxylation is 1. The predicted octanol–water partition coefficient (Wildman–Crippen LogP) is 4.93. The van der Waals surface area contributed by atoms with E-state index in [4.69, 9.17) is 9.57 Å².